The predicted octanol–water partition coefficient (Wildman–Crippen LogP) is 5.31. The highest BCUT2D eigenvalue weighted by atomic mass is 32.2. The zero-order valence-electron chi connectivity index (χ0n) is 16.9. The summed E-state index contributed by atoms with van der Waals surface area (Å²) in [4.78, 5) is 12.9. The van der Waals surface area contributed by atoms with Gasteiger partial charge in [-0.15, -0.1) is 0 Å². The Morgan fingerprint density at radius 1 is 0.967 bits per heavy atom. The van der Waals surface area contributed by atoms with Crippen molar-refractivity contribution in [2.24, 2.45) is 0 Å². The van der Waals surface area contributed by atoms with Crippen molar-refractivity contribution >= 4 is 27.3 Å². The number of sulfonamides is 1. The summed E-state index contributed by atoms with van der Waals surface area (Å²) in [7, 11) is -3.95. The average molecular weight is 427 g/mol. The topological polar surface area (TPSA) is 75.3 Å². The van der Waals surface area contributed by atoms with Gasteiger partial charge in [0.2, 0.25) is 0 Å². The van der Waals surface area contributed by atoms with Gasteiger partial charge in [0.15, 0.2) is 0 Å². The van der Waals surface area contributed by atoms with E-state index in [2.05, 4.69) is 10.0 Å². The first kappa shape index (κ1) is 21.5. The van der Waals surface area contributed by atoms with Crippen LogP contribution in [0.4, 0.5) is 15.8 Å². The molecule has 0 aromatic heterocycles. The molecule has 0 radical (unpaired) electrons. The van der Waals surface area contributed by atoms with E-state index in [9.17, 15) is 17.6 Å². The van der Waals surface area contributed by atoms with Crippen molar-refractivity contribution in [2.75, 3.05) is 10.0 Å². The second-order valence-corrected chi connectivity index (χ2v) is 8.97. The smallest absolute Gasteiger partial charge is 0.261 e. The van der Waals surface area contributed by atoms with Crippen LogP contribution in [0.2, 0.25) is 0 Å². The lowest BCUT2D eigenvalue weighted by atomic mass is 10.0. The van der Waals surface area contributed by atoms with E-state index in [1.165, 1.54) is 24.3 Å². The fourth-order valence-corrected chi connectivity index (χ4v) is 4.13. The Kier molecular flexibility index (Phi) is 6.22. The van der Waals surface area contributed by atoms with E-state index >= 15 is 0 Å². The minimum absolute atomic E-state index is 0.0558. The Hall–Kier alpha value is -3.19. The first-order valence-electron chi connectivity index (χ1n) is 9.46. The zero-order chi connectivity index (χ0) is 21.9. The maximum Gasteiger partial charge on any atom is 0.261 e. The summed E-state index contributed by atoms with van der Waals surface area (Å²) in [6, 6.07) is 16.9. The highest BCUT2D eigenvalue weighted by molar-refractivity contribution is 7.92. The number of carbonyl (C=O) groups is 1. The third kappa shape index (κ3) is 4.86. The number of benzene rings is 3. The predicted molar refractivity (Wildman–Crippen MR) is 117 cm³/mol. The van der Waals surface area contributed by atoms with Crippen LogP contribution in [0.15, 0.2) is 71.6 Å². The normalized spacial score (nSPS) is 11.4. The van der Waals surface area contributed by atoms with Crippen molar-refractivity contribution in [3.05, 3.63) is 89.2 Å². The Morgan fingerprint density at radius 2 is 1.63 bits per heavy atom. The zero-order valence-corrected chi connectivity index (χ0v) is 17.8. The molecule has 7 heteroatoms. The van der Waals surface area contributed by atoms with Crippen LogP contribution < -0.4 is 10.0 Å². The Balaban J connectivity index is 1.89. The van der Waals surface area contributed by atoms with Crippen molar-refractivity contribution in [2.45, 2.75) is 31.6 Å². The molecule has 0 spiro atoms. The van der Waals surface area contributed by atoms with Crippen LogP contribution in [-0.4, -0.2) is 14.3 Å². The molecule has 30 heavy (non-hydrogen) atoms. The van der Waals surface area contributed by atoms with E-state index in [0.717, 1.165) is 17.7 Å². The number of hydrogen-bond donors (Lipinski definition) is 2. The molecule has 5 nitrogen and oxygen atoms in total. The van der Waals surface area contributed by atoms with Gasteiger partial charge in [-0.25, -0.2) is 12.8 Å². The van der Waals surface area contributed by atoms with Gasteiger partial charge < -0.3 is 5.32 Å². The van der Waals surface area contributed by atoms with Crippen molar-refractivity contribution in [1.82, 2.24) is 0 Å². The van der Waals surface area contributed by atoms with Gasteiger partial charge in [0.1, 0.15) is 5.82 Å². The second kappa shape index (κ2) is 8.67. The third-order valence-corrected chi connectivity index (χ3v) is 6.07. The molecule has 0 aliphatic heterocycles. The van der Waals surface area contributed by atoms with Crippen LogP contribution in [0.3, 0.4) is 0 Å². The molecule has 0 fully saturated rings. The largest absolute Gasteiger partial charge is 0.322 e. The van der Waals surface area contributed by atoms with Gasteiger partial charge in [-0.3, -0.25) is 9.52 Å². The number of para-hydroxylation sites is 1. The molecule has 0 aliphatic rings. The van der Waals surface area contributed by atoms with Gasteiger partial charge in [-0.2, -0.15) is 0 Å². The van der Waals surface area contributed by atoms with Gasteiger partial charge in [0, 0.05) is 16.9 Å². The molecule has 0 unspecified atom stereocenters. The molecule has 156 valence electrons. The average Bonchev–Trinajstić information content (AvgIpc) is 2.70. The maximum atomic E-state index is 13.1. The number of halogens is 1. The highest BCUT2D eigenvalue weighted by Crippen LogP contribution is 2.25. The summed E-state index contributed by atoms with van der Waals surface area (Å²) in [5, 5.41) is 2.89. The summed E-state index contributed by atoms with van der Waals surface area (Å²) in [5.74, 6) is -0.637. The molecule has 0 saturated heterocycles. The lowest BCUT2D eigenvalue weighted by Gasteiger charge is -2.15. The van der Waals surface area contributed by atoms with E-state index in [1.54, 1.807) is 13.0 Å². The monoisotopic (exact) mass is 426 g/mol. The number of carbonyl (C=O) groups excluding carboxylic acids is 1. The molecule has 0 bridgehead atoms. The number of nitrogens with one attached hydrogen (secondary N) is 2. The molecule has 0 atom stereocenters. The van der Waals surface area contributed by atoms with Crippen LogP contribution in [0, 0.1) is 12.7 Å². The van der Waals surface area contributed by atoms with E-state index in [4.69, 9.17) is 0 Å². The van der Waals surface area contributed by atoms with Crippen LogP contribution >= 0.6 is 0 Å². The van der Waals surface area contributed by atoms with Crippen molar-refractivity contribution < 1.29 is 17.6 Å². The summed E-state index contributed by atoms with van der Waals surface area (Å²) in [6.45, 7) is 5.81. The molecule has 0 heterocycles. The van der Waals surface area contributed by atoms with Crippen LogP contribution in [0.1, 0.15) is 41.3 Å². The molecule has 3 rings (SSSR count). The minimum Gasteiger partial charge on any atom is -0.322 e. The van der Waals surface area contributed by atoms with Gasteiger partial charge >= 0.3 is 0 Å². The van der Waals surface area contributed by atoms with E-state index in [1.807, 2.05) is 38.1 Å². The second-order valence-electron chi connectivity index (χ2n) is 7.29. The molecular formula is C23H23FN2O3S. The van der Waals surface area contributed by atoms with Gasteiger partial charge in [-0.05, 0) is 66.4 Å². The Bertz CT molecular complexity index is 1170. The van der Waals surface area contributed by atoms with Crippen molar-refractivity contribution in [1.29, 1.82) is 0 Å². The number of hydrogen-bond acceptors (Lipinski definition) is 3. The summed E-state index contributed by atoms with van der Waals surface area (Å²) >= 11 is 0. The Labute approximate surface area is 176 Å². The highest BCUT2D eigenvalue weighted by Gasteiger charge is 2.19. The standard InChI is InChI=1S/C23H23FN2O3S/c1-15(2)20-6-4-5-7-22(20)25-23(27)21-14-19(13-8-16(21)3)30(28,29)26-18-11-9-17(24)10-12-18/h4-15,26H,1-3H3,(H,25,27). The van der Waals surface area contributed by atoms with E-state index in [-0.39, 0.29) is 28.0 Å². The van der Waals surface area contributed by atoms with Gasteiger partial charge in [0.05, 0.1) is 4.90 Å². The number of rotatable bonds is 6. The number of aryl methyl sites for hydroxylation is 1. The SMILES string of the molecule is Cc1ccc(S(=O)(=O)Nc2ccc(F)cc2)cc1C(=O)Nc1ccccc1C(C)C. The molecule has 3 aromatic carbocycles. The van der Waals surface area contributed by atoms with Crippen LogP contribution in [0.5, 0.6) is 0 Å². The van der Waals surface area contributed by atoms with E-state index < -0.39 is 15.8 Å². The first-order chi connectivity index (χ1) is 14.2. The van der Waals surface area contributed by atoms with Crippen LogP contribution in [0.25, 0.3) is 0 Å². The molecule has 1 amide bonds. The molecular weight excluding hydrogens is 403 g/mol. The minimum atomic E-state index is -3.95. The third-order valence-electron chi connectivity index (χ3n) is 4.69. The van der Waals surface area contributed by atoms with Gasteiger partial charge in [-0.1, -0.05) is 38.1 Å². The molecule has 0 aliphatic carbocycles. The van der Waals surface area contributed by atoms with Crippen molar-refractivity contribution in [3.63, 3.8) is 0 Å². The summed E-state index contributed by atoms with van der Waals surface area (Å²) < 4.78 is 40.9. The number of anilines is 2. The number of amides is 1. The molecule has 3 aromatic rings. The fraction of sp³-hybridized carbons (Fsp3) is 0.174. The molecule has 2 N–H and O–H groups in total. The Morgan fingerprint density at radius 3 is 2.30 bits per heavy atom. The summed E-state index contributed by atoms with van der Waals surface area (Å²) in [6.07, 6.45) is 0. The van der Waals surface area contributed by atoms with E-state index in [0.29, 0.717) is 11.3 Å². The lowest BCUT2D eigenvalue weighted by Crippen LogP contribution is -2.17. The quantitative estimate of drug-likeness (QED) is 0.561. The van der Waals surface area contributed by atoms with Crippen molar-refractivity contribution in [3.8, 4) is 0 Å². The fourth-order valence-electron chi connectivity index (χ4n) is 3.05. The lowest BCUT2D eigenvalue weighted by molar-refractivity contribution is 0.102. The summed E-state index contributed by atoms with van der Waals surface area (Å²) in [5.41, 5.74) is 2.82. The van der Waals surface area contributed by atoms with Gasteiger partial charge in [0.25, 0.3) is 15.9 Å². The molecule has 0 saturated carbocycles. The van der Waals surface area contributed by atoms with Crippen LogP contribution in [-0.2, 0) is 10.0 Å². The first-order valence-corrected chi connectivity index (χ1v) is 10.9. The maximum absolute atomic E-state index is 13.1.